The van der Waals surface area contributed by atoms with E-state index in [1.165, 1.54) is 6.07 Å². The van der Waals surface area contributed by atoms with Gasteiger partial charge in [0.25, 0.3) is 0 Å². The molecule has 0 amide bonds. The van der Waals surface area contributed by atoms with Gasteiger partial charge in [0, 0.05) is 33.7 Å². The Morgan fingerprint density at radius 3 is 1.93 bits per heavy atom. The van der Waals surface area contributed by atoms with Crippen molar-refractivity contribution in [2.45, 2.75) is 37.5 Å². The fourth-order valence-electron chi connectivity index (χ4n) is 6.05. The lowest BCUT2D eigenvalue weighted by Gasteiger charge is -2.42. The van der Waals surface area contributed by atoms with Gasteiger partial charge in [-0.1, -0.05) is 60.7 Å². The Bertz CT molecular complexity index is 2170. The predicted octanol–water partition coefficient (Wildman–Crippen LogP) is 11.1. The minimum atomic E-state index is -6.31. The number of hydrogen-bond donors (Lipinski definition) is 0. The van der Waals surface area contributed by atoms with Crippen molar-refractivity contribution in [1.82, 2.24) is 4.98 Å². The number of pyridine rings is 1. The van der Waals surface area contributed by atoms with Crippen molar-refractivity contribution >= 4 is 21.9 Å². The van der Waals surface area contributed by atoms with Crippen molar-refractivity contribution in [1.29, 1.82) is 0 Å². The molecule has 45 heavy (non-hydrogen) atoms. The Morgan fingerprint density at radius 1 is 0.556 bits per heavy atom. The fraction of sp³-hybridized carbons (Fsp3) is 0.171. The van der Waals surface area contributed by atoms with Gasteiger partial charge in [-0.2, -0.15) is 35.1 Å². The van der Waals surface area contributed by atoms with Gasteiger partial charge >= 0.3 is 23.7 Å². The quantitative estimate of drug-likeness (QED) is 0.183. The molecule has 1 aliphatic rings. The van der Waals surface area contributed by atoms with Gasteiger partial charge in [0.05, 0.1) is 5.69 Å². The number of para-hydroxylation sites is 2. The number of furan rings is 1. The van der Waals surface area contributed by atoms with Gasteiger partial charge < -0.3 is 4.42 Å². The van der Waals surface area contributed by atoms with Crippen LogP contribution in [0.2, 0.25) is 0 Å². The normalized spacial score (nSPS) is 17.8. The molecule has 7 rings (SSSR count). The van der Waals surface area contributed by atoms with E-state index in [0.717, 1.165) is 44.7 Å². The third-order valence-electron chi connectivity index (χ3n) is 8.51. The maximum absolute atomic E-state index is 14.7. The number of alkyl halides is 8. The van der Waals surface area contributed by atoms with Crippen molar-refractivity contribution in [3.05, 3.63) is 113 Å². The fourth-order valence-corrected chi connectivity index (χ4v) is 6.05. The lowest BCUT2D eigenvalue weighted by atomic mass is 9.79. The first-order chi connectivity index (χ1) is 21.2. The summed E-state index contributed by atoms with van der Waals surface area (Å²) in [5, 5.41) is 1.90. The van der Waals surface area contributed by atoms with Gasteiger partial charge in [-0.05, 0) is 71.5 Å². The summed E-state index contributed by atoms with van der Waals surface area (Å²) in [7, 11) is 0. The summed E-state index contributed by atoms with van der Waals surface area (Å²) in [5.41, 5.74) is 2.32. The lowest BCUT2D eigenvalue weighted by Crippen LogP contribution is -2.63. The van der Waals surface area contributed by atoms with Crippen LogP contribution in [0.25, 0.3) is 55.4 Å². The molecule has 4 aromatic carbocycles. The Morgan fingerprint density at radius 2 is 1.20 bits per heavy atom. The molecule has 0 N–H and O–H groups in total. The van der Waals surface area contributed by atoms with Crippen LogP contribution in [0.15, 0.2) is 95.5 Å². The molecule has 1 aliphatic carbocycles. The summed E-state index contributed by atoms with van der Waals surface area (Å²) in [6, 6.07) is 21.9. The maximum Gasteiger partial charge on any atom is 0.382 e. The second kappa shape index (κ2) is 9.39. The van der Waals surface area contributed by atoms with Gasteiger partial charge in [-0.3, -0.25) is 4.98 Å². The van der Waals surface area contributed by atoms with E-state index in [2.05, 4.69) is 4.98 Å². The number of rotatable bonds is 3. The largest absolute Gasteiger partial charge is 0.455 e. The predicted molar refractivity (Wildman–Crippen MR) is 155 cm³/mol. The molecule has 2 aromatic heterocycles. The zero-order valence-electron chi connectivity index (χ0n) is 23.5. The topological polar surface area (TPSA) is 26.0 Å². The van der Waals surface area contributed by atoms with Gasteiger partial charge in [-0.25, -0.2) is 0 Å². The molecule has 0 saturated heterocycles. The molecule has 0 unspecified atom stereocenters. The molecule has 0 aliphatic heterocycles. The standard InChI is InChI=1S/C35H21F8NO/c1-18-14-20(21-11-13-27-28(15-21)33(38,39)35(42,43)34(40,41)32(27,36)37)10-12-22(18)26-16-29(44-17-19(26)2)25-8-5-7-24-23-6-3-4-9-30(23)45-31(24)25/h3-17H,1-2H3. The highest BCUT2D eigenvalue weighted by molar-refractivity contribution is 6.09. The molecule has 0 spiro atoms. The van der Waals surface area contributed by atoms with E-state index in [-0.39, 0.29) is 11.1 Å². The van der Waals surface area contributed by atoms with Crippen molar-refractivity contribution in [3.63, 3.8) is 0 Å². The zero-order chi connectivity index (χ0) is 32.1. The number of aromatic nitrogens is 1. The summed E-state index contributed by atoms with van der Waals surface area (Å²) in [5.74, 6) is -23.6. The first-order valence-corrected chi connectivity index (χ1v) is 13.8. The SMILES string of the molecule is Cc1cc(-c2ccc3c(c2)C(F)(F)C(F)(F)C(F)(F)C3(F)F)ccc1-c1cc(-c2cccc3c2oc2ccccc23)ncc1C. The number of aryl methyl sites for hydroxylation is 2. The van der Waals surface area contributed by atoms with Gasteiger partial charge in [0.15, 0.2) is 0 Å². The Balaban J connectivity index is 1.30. The van der Waals surface area contributed by atoms with E-state index in [0.29, 0.717) is 29.0 Å². The Labute approximate surface area is 250 Å². The summed E-state index contributed by atoms with van der Waals surface area (Å²) < 4.78 is 120. The van der Waals surface area contributed by atoms with Gasteiger partial charge in [0.2, 0.25) is 0 Å². The van der Waals surface area contributed by atoms with Crippen LogP contribution in [0.5, 0.6) is 0 Å². The Kier molecular flexibility index (Phi) is 6.05. The van der Waals surface area contributed by atoms with Crippen molar-refractivity contribution in [2.75, 3.05) is 0 Å². The molecule has 2 nitrogen and oxygen atoms in total. The second-order valence-corrected chi connectivity index (χ2v) is 11.3. The first-order valence-electron chi connectivity index (χ1n) is 13.8. The van der Waals surface area contributed by atoms with Crippen LogP contribution in [-0.4, -0.2) is 16.8 Å². The van der Waals surface area contributed by atoms with Gasteiger partial charge in [-0.15, -0.1) is 0 Å². The van der Waals surface area contributed by atoms with Crippen molar-refractivity contribution in [3.8, 4) is 33.5 Å². The van der Waals surface area contributed by atoms with Crippen LogP contribution in [0.4, 0.5) is 35.1 Å². The molecule has 0 fully saturated rings. The van der Waals surface area contributed by atoms with Crippen LogP contribution in [0.3, 0.4) is 0 Å². The molecule has 10 heteroatoms. The van der Waals surface area contributed by atoms with Gasteiger partial charge in [0.1, 0.15) is 11.2 Å². The molecule has 228 valence electrons. The number of halogens is 8. The van der Waals surface area contributed by atoms with Crippen LogP contribution in [-0.2, 0) is 11.8 Å². The molecule has 0 saturated carbocycles. The van der Waals surface area contributed by atoms with Crippen LogP contribution in [0, 0.1) is 13.8 Å². The molecule has 0 radical (unpaired) electrons. The molecule has 0 bridgehead atoms. The minimum Gasteiger partial charge on any atom is -0.455 e. The molecule has 0 atom stereocenters. The molecular formula is C35H21F8NO. The number of hydrogen-bond acceptors (Lipinski definition) is 2. The van der Waals surface area contributed by atoms with E-state index < -0.39 is 34.8 Å². The van der Waals surface area contributed by atoms with Crippen molar-refractivity contribution < 1.29 is 39.5 Å². The van der Waals surface area contributed by atoms with E-state index in [1.807, 2.05) is 55.5 Å². The van der Waals surface area contributed by atoms with Crippen molar-refractivity contribution in [2.24, 2.45) is 0 Å². The highest BCUT2D eigenvalue weighted by Gasteiger charge is 2.85. The third-order valence-corrected chi connectivity index (χ3v) is 8.51. The summed E-state index contributed by atoms with van der Waals surface area (Å²) >= 11 is 0. The lowest BCUT2D eigenvalue weighted by molar-refractivity contribution is -0.386. The second-order valence-electron chi connectivity index (χ2n) is 11.3. The molecular weight excluding hydrogens is 602 g/mol. The van der Waals surface area contributed by atoms with E-state index in [9.17, 15) is 35.1 Å². The van der Waals surface area contributed by atoms with E-state index >= 15 is 0 Å². The van der Waals surface area contributed by atoms with E-state index in [1.54, 1.807) is 25.3 Å². The van der Waals surface area contributed by atoms with Crippen LogP contribution >= 0.6 is 0 Å². The smallest absolute Gasteiger partial charge is 0.382 e. The Hall–Kier alpha value is -4.73. The molecule has 6 aromatic rings. The first kappa shape index (κ1) is 29.0. The summed E-state index contributed by atoms with van der Waals surface area (Å²) in [6.07, 6.45) is 1.71. The number of benzene rings is 4. The highest BCUT2D eigenvalue weighted by Crippen LogP contribution is 2.64. The minimum absolute atomic E-state index is 0.108. The maximum atomic E-state index is 14.7. The average Bonchev–Trinajstić information content (AvgIpc) is 3.39. The van der Waals surface area contributed by atoms with Crippen LogP contribution < -0.4 is 0 Å². The van der Waals surface area contributed by atoms with Crippen LogP contribution in [0.1, 0.15) is 22.3 Å². The average molecular weight is 624 g/mol. The number of nitrogens with zero attached hydrogens (tertiary/aromatic N) is 1. The number of fused-ring (bicyclic) bond motifs is 4. The molecule has 2 heterocycles. The monoisotopic (exact) mass is 623 g/mol. The summed E-state index contributed by atoms with van der Waals surface area (Å²) in [4.78, 5) is 4.63. The third kappa shape index (κ3) is 3.90. The zero-order valence-corrected chi connectivity index (χ0v) is 23.5. The summed E-state index contributed by atoms with van der Waals surface area (Å²) in [6.45, 7) is 3.61. The van der Waals surface area contributed by atoms with E-state index in [4.69, 9.17) is 4.42 Å². The highest BCUT2D eigenvalue weighted by atomic mass is 19.4.